The summed E-state index contributed by atoms with van der Waals surface area (Å²) in [5, 5.41) is 0.183. The van der Waals surface area contributed by atoms with Gasteiger partial charge in [0.1, 0.15) is 5.57 Å². The van der Waals surface area contributed by atoms with Gasteiger partial charge in [0.05, 0.1) is 0 Å². The van der Waals surface area contributed by atoms with E-state index in [0.29, 0.717) is 27.8 Å². The summed E-state index contributed by atoms with van der Waals surface area (Å²) in [4.78, 5) is 85.3. The van der Waals surface area contributed by atoms with E-state index in [1.54, 1.807) is 48.5 Å². The molecule has 0 atom stereocenters. The highest BCUT2D eigenvalue weighted by molar-refractivity contribution is 7.80. The number of carbonyl (C=O) groups is 6. The van der Waals surface area contributed by atoms with Crippen LogP contribution in [-0.4, -0.2) is 62.9 Å². The van der Waals surface area contributed by atoms with Crippen LogP contribution >= 0.6 is 12.2 Å². The molecule has 0 unspecified atom stereocenters. The lowest BCUT2D eigenvalue weighted by Crippen LogP contribution is -2.56. The van der Waals surface area contributed by atoms with Crippen molar-refractivity contribution in [3.8, 4) is 33.4 Å². The number of thiocarbonyl (C=S) groups is 1. The van der Waals surface area contributed by atoms with E-state index in [1.165, 1.54) is 37.5 Å². The molecule has 10 rings (SSSR count). The molecule has 1 aliphatic heterocycles. The van der Waals surface area contributed by atoms with Gasteiger partial charge in [-0.1, -0.05) is 48.5 Å². The van der Waals surface area contributed by atoms with Gasteiger partial charge in [-0.15, -0.1) is 0 Å². The van der Waals surface area contributed by atoms with Gasteiger partial charge < -0.3 is 9.80 Å². The molecule has 1 saturated heterocycles. The number of Topliss-reactive ketones (excluding diaryl/α,β-unsaturated/α-hetero) is 4. The average molecular weight is 1020 g/mol. The fourth-order valence-electron chi connectivity index (χ4n) is 10.1. The number of anilines is 6. The van der Waals surface area contributed by atoms with Gasteiger partial charge >= 0.3 is 0 Å². The van der Waals surface area contributed by atoms with Gasteiger partial charge in [0.25, 0.3) is 11.8 Å². The van der Waals surface area contributed by atoms with E-state index in [2.05, 4.69) is 46.2 Å². The molecule has 374 valence electrons. The molecule has 1 fully saturated rings. The van der Waals surface area contributed by atoms with Crippen LogP contribution in [0.3, 0.4) is 0 Å². The van der Waals surface area contributed by atoms with E-state index in [4.69, 9.17) is 12.2 Å². The number of carbonyl (C=O) groups excluding carboxylic acids is 6. The molecular formula is C65H52N4O6S. The van der Waals surface area contributed by atoms with Crippen LogP contribution in [0.25, 0.3) is 39.0 Å². The third-order valence-corrected chi connectivity index (χ3v) is 14.6. The summed E-state index contributed by atoms with van der Waals surface area (Å²) in [7, 11) is 0. The van der Waals surface area contributed by atoms with Crippen molar-refractivity contribution in [2.24, 2.45) is 0 Å². The molecule has 2 amide bonds. The summed E-state index contributed by atoms with van der Waals surface area (Å²) in [5.74, 6) is -1.01. The van der Waals surface area contributed by atoms with Crippen molar-refractivity contribution in [1.29, 1.82) is 0 Å². The number of hydrogen-bond donors (Lipinski definition) is 0. The van der Waals surface area contributed by atoms with Gasteiger partial charge in [-0.25, -0.2) is 0 Å². The lowest BCUT2D eigenvalue weighted by Gasteiger charge is -2.36. The summed E-state index contributed by atoms with van der Waals surface area (Å²) in [6.45, 7) is 10.4. The summed E-state index contributed by atoms with van der Waals surface area (Å²) >= 11 is 5.73. The maximum absolute atomic E-state index is 14.7. The van der Waals surface area contributed by atoms with E-state index in [-0.39, 0.29) is 46.9 Å². The number of fused-ring (bicyclic) bond motifs is 3. The Hall–Kier alpha value is -9.19. The van der Waals surface area contributed by atoms with Crippen LogP contribution in [-0.2, 0) is 9.59 Å². The predicted octanol–water partition coefficient (Wildman–Crippen LogP) is 14.5. The molecule has 1 aliphatic carbocycles. The van der Waals surface area contributed by atoms with E-state index >= 15 is 0 Å². The molecule has 0 aromatic heterocycles. The van der Waals surface area contributed by atoms with Crippen molar-refractivity contribution < 1.29 is 28.8 Å². The second-order valence-corrected chi connectivity index (χ2v) is 19.2. The van der Waals surface area contributed by atoms with Gasteiger partial charge in [0, 0.05) is 75.0 Å². The number of rotatable bonds is 14. The molecule has 1 heterocycles. The quantitative estimate of drug-likeness (QED) is 0.0454. The Labute approximate surface area is 447 Å². The zero-order valence-electron chi connectivity index (χ0n) is 42.9. The number of likely N-dealkylation sites (N-methyl/N-ethyl adjacent to an activating group) is 2. The number of ketones is 4. The number of nitrogens with zero attached hydrogens (tertiary/aromatic N) is 4. The monoisotopic (exact) mass is 1020 g/mol. The highest BCUT2D eigenvalue weighted by atomic mass is 32.1. The van der Waals surface area contributed by atoms with Crippen molar-refractivity contribution in [1.82, 2.24) is 9.80 Å². The van der Waals surface area contributed by atoms with E-state index in [9.17, 15) is 28.8 Å². The Bertz CT molecular complexity index is 3360. The lowest BCUT2D eigenvalue weighted by molar-refractivity contribution is -0.133. The molecule has 8 aromatic rings. The first-order chi connectivity index (χ1) is 36.6. The van der Waals surface area contributed by atoms with E-state index < -0.39 is 11.8 Å². The molecule has 76 heavy (non-hydrogen) atoms. The van der Waals surface area contributed by atoms with Crippen LogP contribution in [0.4, 0.5) is 34.1 Å². The third-order valence-electron chi connectivity index (χ3n) is 14.2. The van der Waals surface area contributed by atoms with Crippen molar-refractivity contribution in [3.05, 3.63) is 221 Å². The number of amides is 2. The average Bonchev–Trinajstić information content (AvgIpc) is 3.75. The molecule has 0 spiro atoms. The second kappa shape index (κ2) is 20.6. The van der Waals surface area contributed by atoms with Gasteiger partial charge in [-0.3, -0.25) is 38.6 Å². The molecular weight excluding hydrogens is 965 g/mol. The minimum Gasteiger partial charge on any atom is -0.311 e. The Morgan fingerprint density at radius 3 is 0.855 bits per heavy atom. The van der Waals surface area contributed by atoms with Gasteiger partial charge in [-0.05, 0) is 232 Å². The highest BCUT2D eigenvalue weighted by Gasteiger charge is 2.42. The fraction of sp³-hybridized carbons (Fsp3) is 0.123. The normalized spacial score (nSPS) is 12.9. The highest BCUT2D eigenvalue weighted by Crippen LogP contribution is 2.50. The minimum absolute atomic E-state index is 0.0307. The fourth-order valence-corrected chi connectivity index (χ4v) is 10.5. The molecule has 0 N–H and O–H groups in total. The van der Waals surface area contributed by atoms with Crippen molar-refractivity contribution in [3.63, 3.8) is 0 Å². The Morgan fingerprint density at radius 1 is 0.355 bits per heavy atom. The Kier molecular flexibility index (Phi) is 13.7. The van der Waals surface area contributed by atoms with Crippen molar-refractivity contribution in [2.75, 3.05) is 22.9 Å². The minimum atomic E-state index is -0.443. The van der Waals surface area contributed by atoms with Crippen LogP contribution < -0.4 is 9.80 Å². The van der Waals surface area contributed by atoms with Gasteiger partial charge in [-0.2, -0.15) is 0 Å². The SMILES string of the molecule is CCN1C(=O)C(=C2c3cc(-c4ccc(N(c5ccc(C(C)=O)cc5)c5ccc(C(C)=O)cc5)cc4)ccc3-c3ccc(-c4ccc(N(c5ccc(C(C)=O)cc5)c5ccc(C(C)=O)cc5)cc4)cc32)C(=O)N(CC)C1=S. The Morgan fingerprint density at radius 2 is 0.605 bits per heavy atom. The molecule has 0 bridgehead atoms. The first-order valence-electron chi connectivity index (χ1n) is 25.1. The van der Waals surface area contributed by atoms with E-state index in [0.717, 1.165) is 78.6 Å². The maximum Gasteiger partial charge on any atom is 0.266 e. The lowest BCUT2D eigenvalue weighted by atomic mass is 9.91. The third kappa shape index (κ3) is 9.26. The van der Waals surface area contributed by atoms with Crippen LogP contribution in [0, 0.1) is 0 Å². The van der Waals surface area contributed by atoms with E-state index in [1.807, 2.05) is 111 Å². The van der Waals surface area contributed by atoms with Crippen LogP contribution in [0.1, 0.15) is 94.1 Å². The molecule has 8 aromatic carbocycles. The molecule has 0 saturated carbocycles. The van der Waals surface area contributed by atoms with Crippen LogP contribution in [0.15, 0.2) is 188 Å². The summed E-state index contributed by atoms with van der Waals surface area (Å²) in [6.07, 6.45) is 0. The standard InChI is InChI=1S/C65H52N4O6S/c1-7-66-63(74)62(64(75)67(8-2)65(66)76)61-59-37-49(47-17-31-55(32-18-47)68(51-23-9-43(10-24-51)39(3)70)52-25-11-44(12-26-52)40(4)71)21-35-57(59)58-36-22-50(38-60(58)61)48-19-33-56(34-20-48)69(53-27-13-45(14-28-53)41(5)72)54-29-15-46(16-30-54)42(6)73/h9-38H,7-8H2,1-6H3. The van der Waals surface area contributed by atoms with Crippen LogP contribution in [0.5, 0.6) is 0 Å². The molecule has 11 heteroatoms. The first-order valence-corrected chi connectivity index (χ1v) is 25.5. The maximum atomic E-state index is 14.7. The zero-order valence-corrected chi connectivity index (χ0v) is 43.7. The summed E-state index contributed by atoms with van der Waals surface area (Å²) < 4.78 is 0. The van der Waals surface area contributed by atoms with Crippen molar-refractivity contribution >= 4 is 92.0 Å². The number of hydrogen-bond acceptors (Lipinski definition) is 9. The smallest absolute Gasteiger partial charge is 0.266 e. The van der Waals surface area contributed by atoms with Crippen LogP contribution in [0.2, 0.25) is 0 Å². The Balaban J connectivity index is 1.05. The first kappa shape index (κ1) is 50.3. The number of benzene rings is 8. The second-order valence-electron chi connectivity index (χ2n) is 18.8. The summed E-state index contributed by atoms with van der Waals surface area (Å²) in [5.41, 5.74) is 14.8. The van der Waals surface area contributed by atoms with Crippen molar-refractivity contribution in [2.45, 2.75) is 41.5 Å². The molecule has 10 nitrogen and oxygen atoms in total. The summed E-state index contributed by atoms with van der Waals surface area (Å²) in [6, 6.07) is 58.2. The zero-order chi connectivity index (χ0) is 53.5. The van der Waals surface area contributed by atoms with Gasteiger partial charge in [0.2, 0.25) is 0 Å². The predicted molar refractivity (Wildman–Crippen MR) is 306 cm³/mol. The van der Waals surface area contributed by atoms with Gasteiger partial charge in [0.15, 0.2) is 28.2 Å². The molecule has 0 radical (unpaired) electrons. The largest absolute Gasteiger partial charge is 0.311 e. The molecule has 2 aliphatic rings. The topological polar surface area (TPSA) is 115 Å².